The average molecular weight is 454 g/mol. The monoisotopic (exact) mass is 453 g/mol. The Kier molecular flexibility index (Phi) is 5.64. The van der Waals surface area contributed by atoms with Gasteiger partial charge < -0.3 is 4.57 Å². The van der Waals surface area contributed by atoms with Crippen LogP contribution in [0.25, 0.3) is 22.0 Å². The lowest BCUT2D eigenvalue weighted by Gasteiger charge is -2.20. The van der Waals surface area contributed by atoms with Crippen LogP contribution in [0.1, 0.15) is 57.7 Å². The minimum atomic E-state index is -3.34. The zero-order chi connectivity index (χ0) is 23.3. The molecule has 2 aromatic carbocycles. The summed E-state index contributed by atoms with van der Waals surface area (Å²) < 4.78 is 44.6. The van der Waals surface area contributed by atoms with Gasteiger partial charge in [-0.1, -0.05) is 39.0 Å². The van der Waals surface area contributed by atoms with Crippen LogP contribution in [0.3, 0.4) is 0 Å². The molecule has 5 nitrogen and oxygen atoms in total. The molecule has 0 aliphatic heterocycles. The molecule has 7 heteroatoms. The minimum absolute atomic E-state index is 0.0220. The lowest BCUT2D eigenvalue weighted by molar-refractivity contribution is 0.349. The minimum Gasteiger partial charge on any atom is -0.347 e. The van der Waals surface area contributed by atoms with Gasteiger partial charge in [0.25, 0.3) is 0 Å². The topological polar surface area (TPSA) is 74.9 Å². The van der Waals surface area contributed by atoms with Gasteiger partial charge in [0, 0.05) is 35.2 Å². The van der Waals surface area contributed by atoms with Crippen LogP contribution < -0.4 is 4.72 Å². The van der Waals surface area contributed by atoms with Crippen LogP contribution in [-0.4, -0.2) is 18.2 Å². The highest BCUT2D eigenvalue weighted by molar-refractivity contribution is 7.90. The fraction of sp³-hybridized carbons (Fsp3) is 0.400. The first-order valence-electron chi connectivity index (χ1n) is 10.8. The van der Waals surface area contributed by atoms with Crippen LogP contribution >= 0.6 is 0 Å². The predicted octanol–water partition coefficient (Wildman–Crippen LogP) is 5.51. The lowest BCUT2D eigenvalue weighted by Crippen LogP contribution is -2.29. The van der Waals surface area contributed by atoms with Crippen LogP contribution in [0, 0.1) is 22.6 Å². The maximum atomic E-state index is 14.7. The third kappa shape index (κ3) is 4.43. The van der Waals surface area contributed by atoms with Gasteiger partial charge in [0.2, 0.25) is 10.0 Å². The highest BCUT2D eigenvalue weighted by atomic mass is 32.2. The normalized spacial score (nSPS) is 15.6. The van der Waals surface area contributed by atoms with Crippen LogP contribution in [0.15, 0.2) is 42.6 Å². The summed E-state index contributed by atoms with van der Waals surface area (Å²) in [6.45, 7) is 8.96. The number of nitrogens with zero attached hydrogens (tertiary/aromatic N) is 2. The van der Waals surface area contributed by atoms with Crippen LogP contribution in [0.2, 0.25) is 0 Å². The van der Waals surface area contributed by atoms with Crippen molar-refractivity contribution in [3.63, 3.8) is 0 Å². The van der Waals surface area contributed by atoms with Crippen molar-refractivity contribution in [1.29, 1.82) is 5.26 Å². The highest BCUT2D eigenvalue weighted by Gasteiger charge is 2.37. The summed E-state index contributed by atoms with van der Waals surface area (Å²) in [5, 5.41) is 10.1. The Hall–Kier alpha value is -2.69. The molecule has 1 aromatic heterocycles. The quantitative estimate of drug-likeness (QED) is 0.535. The van der Waals surface area contributed by atoms with E-state index in [1.165, 1.54) is 12.1 Å². The SMILES string of the molecule is CC(NS(=O)(=O)C1CC1)c1cn(CC(C)(C)C)c2cc(-c3c(F)cccc3C#N)ccc12. The maximum Gasteiger partial charge on any atom is 0.215 e. The van der Waals surface area contributed by atoms with Gasteiger partial charge in [-0.05, 0) is 54.5 Å². The van der Waals surface area contributed by atoms with Crippen LogP contribution in [-0.2, 0) is 16.6 Å². The number of nitrogens with one attached hydrogen (secondary N) is 1. The molecule has 1 fully saturated rings. The van der Waals surface area contributed by atoms with Crippen LogP contribution in [0.4, 0.5) is 4.39 Å². The van der Waals surface area contributed by atoms with Gasteiger partial charge in [-0.3, -0.25) is 0 Å². The van der Waals surface area contributed by atoms with E-state index in [1.54, 1.807) is 12.1 Å². The summed E-state index contributed by atoms with van der Waals surface area (Å²) in [6.07, 6.45) is 3.41. The number of hydrogen-bond donors (Lipinski definition) is 1. The van der Waals surface area contributed by atoms with Crippen molar-refractivity contribution >= 4 is 20.9 Å². The summed E-state index contributed by atoms with van der Waals surface area (Å²) in [4.78, 5) is 0. The van der Waals surface area contributed by atoms with E-state index in [0.717, 1.165) is 16.5 Å². The summed E-state index contributed by atoms with van der Waals surface area (Å²) >= 11 is 0. The van der Waals surface area contributed by atoms with Gasteiger partial charge in [0.15, 0.2) is 0 Å². The smallest absolute Gasteiger partial charge is 0.215 e. The Balaban J connectivity index is 1.85. The molecule has 1 unspecified atom stereocenters. The number of benzene rings is 2. The number of fused-ring (bicyclic) bond motifs is 1. The molecule has 0 radical (unpaired) electrons. The van der Waals surface area contributed by atoms with E-state index < -0.39 is 21.9 Å². The van der Waals surface area contributed by atoms with Crippen molar-refractivity contribution in [3.05, 3.63) is 59.5 Å². The fourth-order valence-corrected chi connectivity index (χ4v) is 5.73. The first-order chi connectivity index (χ1) is 15.0. The van der Waals surface area contributed by atoms with Crippen molar-refractivity contribution in [2.45, 2.75) is 58.4 Å². The Labute approximate surface area is 188 Å². The number of rotatable bonds is 6. The van der Waals surface area contributed by atoms with Crippen LogP contribution in [0.5, 0.6) is 0 Å². The van der Waals surface area contributed by atoms with Crippen molar-refractivity contribution in [1.82, 2.24) is 9.29 Å². The Bertz CT molecular complexity index is 1330. The highest BCUT2D eigenvalue weighted by Crippen LogP contribution is 2.36. The Morgan fingerprint density at radius 3 is 2.59 bits per heavy atom. The molecule has 0 saturated heterocycles. The van der Waals surface area contributed by atoms with Gasteiger partial charge in [-0.2, -0.15) is 5.26 Å². The molecular formula is C25H28FN3O2S. The number of aromatic nitrogens is 1. The summed E-state index contributed by atoms with van der Waals surface area (Å²) in [7, 11) is -3.34. The molecule has 4 rings (SSSR count). The van der Waals surface area contributed by atoms with Crippen molar-refractivity contribution in [2.24, 2.45) is 5.41 Å². The van der Waals surface area contributed by atoms with Gasteiger partial charge in [0.05, 0.1) is 16.9 Å². The number of sulfonamides is 1. The predicted molar refractivity (Wildman–Crippen MR) is 125 cm³/mol. The lowest BCUT2D eigenvalue weighted by atomic mass is 9.96. The second-order valence-corrected chi connectivity index (χ2v) is 11.9. The number of nitriles is 1. The number of halogens is 1. The molecule has 1 saturated carbocycles. The molecule has 32 heavy (non-hydrogen) atoms. The van der Waals surface area contributed by atoms with Gasteiger partial charge >= 0.3 is 0 Å². The second-order valence-electron chi connectivity index (χ2n) is 9.86. The van der Waals surface area contributed by atoms with E-state index in [4.69, 9.17) is 0 Å². The molecule has 3 aromatic rings. The molecule has 1 heterocycles. The Morgan fingerprint density at radius 1 is 1.25 bits per heavy atom. The van der Waals surface area contributed by atoms with E-state index in [0.29, 0.717) is 24.9 Å². The van der Waals surface area contributed by atoms with Crippen molar-refractivity contribution in [3.8, 4) is 17.2 Å². The molecule has 0 spiro atoms. The zero-order valence-electron chi connectivity index (χ0n) is 18.8. The summed E-state index contributed by atoms with van der Waals surface area (Å²) in [5.74, 6) is -0.442. The molecule has 0 amide bonds. The average Bonchev–Trinajstić information content (AvgIpc) is 3.51. The maximum absolute atomic E-state index is 14.7. The Morgan fingerprint density at radius 2 is 1.97 bits per heavy atom. The van der Waals surface area contributed by atoms with Gasteiger partial charge in [0.1, 0.15) is 5.82 Å². The van der Waals surface area contributed by atoms with Gasteiger partial charge in [-0.15, -0.1) is 0 Å². The molecule has 168 valence electrons. The third-order valence-electron chi connectivity index (χ3n) is 5.75. The van der Waals surface area contributed by atoms with Gasteiger partial charge in [-0.25, -0.2) is 17.5 Å². The van der Waals surface area contributed by atoms with E-state index >= 15 is 0 Å². The second kappa shape index (κ2) is 8.02. The van der Waals surface area contributed by atoms with E-state index in [-0.39, 0.29) is 21.8 Å². The van der Waals surface area contributed by atoms with E-state index in [1.807, 2.05) is 25.3 Å². The molecule has 1 aliphatic carbocycles. The summed E-state index contributed by atoms with van der Waals surface area (Å²) in [6, 6.07) is 11.8. The first kappa shape index (κ1) is 22.5. The van der Waals surface area contributed by atoms with Crippen molar-refractivity contribution < 1.29 is 12.8 Å². The third-order valence-corrected chi connectivity index (χ3v) is 7.78. The fourth-order valence-electron chi connectivity index (χ4n) is 4.16. The standard InChI is InChI=1S/C25H28FN3O2S/c1-16(28-32(30,31)19-9-10-19)21-14-29(15-25(2,3)4)23-12-17(8-11-20(21)23)24-18(13-27)6-5-7-22(24)26/h5-8,11-12,14,16,19,28H,9-10,15H2,1-4H3. The number of hydrogen-bond acceptors (Lipinski definition) is 3. The zero-order valence-corrected chi connectivity index (χ0v) is 19.6. The molecule has 0 bridgehead atoms. The van der Waals surface area contributed by atoms with Crippen molar-refractivity contribution in [2.75, 3.05) is 0 Å². The summed E-state index contributed by atoms with van der Waals surface area (Å²) in [5.41, 5.74) is 2.93. The van der Waals surface area contributed by atoms with E-state index in [2.05, 4.69) is 36.1 Å². The molecule has 1 aliphatic rings. The largest absolute Gasteiger partial charge is 0.347 e. The van der Waals surface area contributed by atoms with E-state index in [9.17, 15) is 18.1 Å². The molecular weight excluding hydrogens is 425 g/mol. The first-order valence-corrected chi connectivity index (χ1v) is 12.4. The molecule has 1 N–H and O–H groups in total. The molecule has 1 atom stereocenters.